The monoisotopic (exact) mass is 475 g/mol. The third-order valence-corrected chi connectivity index (χ3v) is 8.82. The van der Waals surface area contributed by atoms with E-state index >= 15 is 0 Å². The minimum atomic E-state index is -3.28. The van der Waals surface area contributed by atoms with Crippen molar-refractivity contribution < 1.29 is 13.2 Å². The Hall–Kier alpha value is -1.48. The molecular weight excluding hydrogens is 442 g/mol. The van der Waals surface area contributed by atoms with E-state index in [1.807, 2.05) is 0 Å². The first-order valence-electron chi connectivity index (χ1n) is 11.8. The van der Waals surface area contributed by atoms with Gasteiger partial charge in [-0.15, -0.1) is 11.3 Å². The van der Waals surface area contributed by atoms with Crippen molar-refractivity contribution in [2.75, 3.05) is 24.3 Å². The van der Waals surface area contributed by atoms with Gasteiger partial charge < -0.3 is 9.64 Å². The average Bonchev–Trinajstić information content (AvgIpc) is 3.39. The Morgan fingerprint density at radius 1 is 1.06 bits per heavy atom. The van der Waals surface area contributed by atoms with Gasteiger partial charge >= 0.3 is 0 Å². The van der Waals surface area contributed by atoms with Gasteiger partial charge in [-0.2, -0.15) is 0 Å². The van der Waals surface area contributed by atoms with Crippen LogP contribution in [0.5, 0.6) is 0 Å². The maximum Gasteiger partial charge on any atom is 0.209 e. The molecule has 2 atom stereocenters. The van der Waals surface area contributed by atoms with Crippen LogP contribution in [0, 0.1) is 0 Å². The summed E-state index contributed by atoms with van der Waals surface area (Å²) in [7, 11) is -3.28. The van der Waals surface area contributed by atoms with Crippen molar-refractivity contribution >= 4 is 27.2 Å². The molecule has 0 amide bonds. The first-order valence-corrected chi connectivity index (χ1v) is 14.6. The molecule has 2 heterocycles. The quantitative estimate of drug-likeness (QED) is 0.618. The molecule has 0 bridgehead atoms. The number of nitrogens with one attached hydrogen (secondary N) is 1. The second-order valence-corrected chi connectivity index (χ2v) is 12.3. The molecule has 0 unspecified atom stereocenters. The molecule has 1 aliphatic heterocycles. The highest BCUT2D eigenvalue weighted by Crippen LogP contribution is 2.43. The second-order valence-electron chi connectivity index (χ2n) is 9.58. The van der Waals surface area contributed by atoms with Gasteiger partial charge in [0.05, 0.1) is 30.0 Å². The molecule has 3 aliphatic rings. The molecule has 8 heteroatoms. The highest BCUT2D eigenvalue weighted by Gasteiger charge is 2.38. The molecule has 2 aliphatic carbocycles. The van der Waals surface area contributed by atoms with E-state index in [0.29, 0.717) is 18.4 Å². The molecule has 3 fully saturated rings. The van der Waals surface area contributed by atoms with Crippen LogP contribution >= 0.6 is 11.3 Å². The number of benzene rings is 1. The number of sulfonamides is 1. The van der Waals surface area contributed by atoms with Crippen LogP contribution in [0.1, 0.15) is 67.4 Å². The Balaban J connectivity index is 1.22. The lowest BCUT2D eigenvalue weighted by atomic mass is 9.83. The molecule has 6 nitrogen and oxygen atoms in total. The zero-order valence-electron chi connectivity index (χ0n) is 18.7. The van der Waals surface area contributed by atoms with Crippen molar-refractivity contribution in [3.63, 3.8) is 0 Å². The van der Waals surface area contributed by atoms with Gasteiger partial charge in [0.15, 0.2) is 0 Å². The molecule has 0 spiro atoms. The predicted octanol–water partition coefficient (Wildman–Crippen LogP) is 4.26. The van der Waals surface area contributed by atoms with E-state index in [1.165, 1.54) is 29.7 Å². The summed E-state index contributed by atoms with van der Waals surface area (Å²) in [6.07, 6.45) is 9.14. The molecule has 32 heavy (non-hydrogen) atoms. The fraction of sp³-hybridized carbons (Fsp3) is 0.625. The van der Waals surface area contributed by atoms with Gasteiger partial charge in [-0.1, -0.05) is 30.3 Å². The second kappa shape index (κ2) is 9.41. The Bertz CT molecular complexity index is 999. The summed E-state index contributed by atoms with van der Waals surface area (Å²) >= 11 is 1.74. The molecule has 1 saturated heterocycles. The molecule has 1 aromatic carbocycles. The summed E-state index contributed by atoms with van der Waals surface area (Å²) < 4.78 is 33.2. The number of hydrogen-bond acceptors (Lipinski definition) is 6. The summed E-state index contributed by atoms with van der Waals surface area (Å²) in [5, 5.41) is 3.35. The van der Waals surface area contributed by atoms with E-state index in [0.717, 1.165) is 44.5 Å². The van der Waals surface area contributed by atoms with Crippen LogP contribution in [0.15, 0.2) is 35.7 Å². The molecule has 2 aromatic rings. The molecule has 2 saturated carbocycles. The number of nitrogens with zero attached hydrogens (tertiary/aromatic N) is 2. The molecular formula is C24H33N3O3S2. The zero-order valence-corrected chi connectivity index (χ0v) is 20.3. The van der Waals surface area contributed by atoms with Gasteiger partial charge in [0.1, 0.15) is 5.82 Å². The Kier molecular flexibility index (Phi) is 6.56. The number of thiazole rings is 1. The standard InChI is InChI=1S/C24H33N3O3S2/c1-32(28,29)26-21-13-14-27(23-16-31-24(25-23)19-7-8-19)22(21)15-30-20-11-9-18(10-12-20)17-5-3-2-4-6-17/h2-6,16,18-22,26H,7-15H2,1H3/t18?,20?,21-,22-/m0/s1. The average molecular weight is 476 g/mol. The number of rotatable bonds is 8. The summed E-state index contributed by atoms with van der Waals surface area (Å²) in [6, 6.07) is 10.6. The lowest BCUT2D eigenvalue weighted by Crippen LogP contribution is -2.48. The van der Waals surface area contributed by atoms with Gasteiger partial charge in [-0.05, 0) is 56.4 Å². The molecule has 1 N–H and O–H groups in total. The summed E-state index contributed by atoms with van der Waals surface area (Å²) in [5.74, 6) is 2.24. The normalized spacial score (nSPS) is 28.8. The summed E-state index contributed by atoms with van der Waals surface area (Å²) in [4.78, 5) is 7.15. The first-order chi connectivity index (χ1) is 15.5. The van der Waals surface area contributed by atoms with Crippen LogP contribution in [0.3, 0.4) is 0 Å². The van der Waals surface area contributed by atoms with Crippen LogP contribution in [0.4, 0.5) is 5.82 Å². The highest BCUT2D eigenvalue weighted by molar-refractivity contribution is 7.88. The van der Waals surface area contributed by atoms with Crippen molar-refractivity contribution in [3.05, 3.63) is 46.3 Å². The van der Waals surface area contributed by atoms with Crippen LogP contribution in [0.25, 0.3) is 0 Å². The number of anilines is 1. The van der Waals surface area contributed by atoms with Crippen molar-refractivity contribution in [2.24, 2.45) is 0 Å². The maximum absolute atomic E-state index is 12.0. The van der Waals surface area contributed by atoms with Gasteiger partial charge in [-0.25, -0.2) is 18.1 Å². The van der Waals surface area contributed by atoms with Crippen molar-refractivity contribution in [3.8, 4) is 0 Å². The first kappa shape index (κ1) is 22.3. The van der Waals surface area contributed by atoms with Crippen LogP contribution in [-0.4, -0.2) is 51.0 Å². The topological polar surface area (TPSA) is 71.5 Å². The molecule has 1 aromatic heterocycles. The van der Waals surface area contributed by atoms with Gasteiger partial charge in [0, 0.05) is 23.9 Å². The van der Waals surface area contributed by atoms with E-state index in [-0.39, 0.29) is 18.2 Å². The smallest absolute Gasteiger partial charge is 0.209 e. The van der Waals surface area contributed by atoms with E-state index in [9.17, 15) is 8.42 Å². The van der Waals surface area contributed by atoms with Crippen molar-refractivity contribution in [2.45, 2.75) is 75.0 Å². The minimum absolute atomic E-state index is 0.0225. The van der Waals surface area contributed by atoms with E-state index < -0.39 is 10.0 Å². The van der Waals surface area contributed by atoms with Gasteiger partial charge in [0.25, 0.3) is 0 Å². The predicted molar refractivity (Wildman–Crippen MR) is 129 cm³/mol. The molecule has 5 rings (SSSR count). The van der Waals surface area contributed by atoms with Gasteiger partial charge in [0.2, 0.25) is 10.0 Å². The summed E-state index contributed by atoms with van der Waals surface area (Å²) in [5.41, 5.74) is 1.43. The Labute approximate surface area is 195 Å². The van der Waals surface area contributed by atoms with Gasteiger partial charge in [-0.3, -0.25) is 0 Å². The number of hydrogen-bond donors (Lipinski definition) is 1. The summed E-state index contributed by atoms with van der Waals surface area (Å²) in [6.45, 7) is 1.33. The largest absolute Gasteiger partial charge is 0.376 e. The maximum atomic E-state index is 12.0. The van der Waals surface area contributed by atoms with E-state index in [1.54, 1.807) is 11.3 Å². The highest BCUT2D eigenvalue weighted by atomic mass is 32.2. The SMILES string of the molecule is CS(=O)(=O)N[C@H]1CCN(c2csc(C3CC3)n2)[C@H]1COC1CCC(c2ccccc2)CC1. The third kappa shape index (κ3) is 5.35. The van der Waals surface area contributed by atoms with Crippen molar-refractivity contribution in [1.29, 1.82) is 0 Å². The van der Waals surface area contributed by atoms with Crippen LogP contribution in [0.2, 0.25) is 0 Å². The fourth-order valence-corrected chi connectivity index (χ4v) is 7.02. The zero-order chi connectivity index (χ0) is 22.1. The number of ether oxygens (including phenoxy) is 1. The number of aromatic nitrogens is 1. The van der Waals surface area contributed by atoms with E-state index in [2.05, 4.69) is 45.3 Å². The Morgan fingerprint density at radius 3 is 2.47 bits per heavy atom. The third-order valence-electron chi connectivity index (χ3n) is 7.09. The van der Waals surface area contributed by atoms with Crippen molar-refractivity contribution in [1.82, 2.24) is 9.71 Å². The minimum Gasteiger partial charge on any atom is -0.376 e. The lowest BCUT2D eigenvalue weighted by Gasteiger charge is -2.33. The Morgan fingerprint density at radius 2 is 1.78 bits per heavy atom. The van der Waals surface area contributed by atoms with Crippen LogP contribution < -0.4 is 9.62 Å². The van der Waals surface area contributed by atoms with E-state index in [4.69, 9.17) is 9.72 Å². The molecule has 0 radical (unpaired) electrons. The molecule has 174 valence electrons. The fourth-order valence-electron chi connectivity index (χ4n) is 5.21. The lowest BCUT2D eigenvalue weighted by molar-refractivity contribution is 0.0156. The van der Waals surface area contributed by atoms with Crippen LogP contribution in [-0.2, 0) is 14.8 Å².